The molecule has 1 atom stereocenters. The van der Waals surface area contributed by atoms with Crippen LogP contribution in [0.1, 0.15) is 41.7 Å². The van der Waals surface area contributed by atoms with Crippen molar-refractivity contribution >= 4 is 27.5 Å². The smallest absolute Gasteiger partial charge is 0.264 e. The number of hydrogen-bond donors (Lipinski definition) is 1. The number of rotatable bonds is 13. The SMILES string of the molecule is COc1cccc(CN(C(=O)CN(c2ccc(C)c(C)c2)S(=O)(=O)c2ccc(C)cc2)C(Cc2ccccc2)C(=O)NC(C)C)c1. The van der Waals surface area contributed by atoms with Crippen molar-refractivity contribution in [1.82, 2.24) is 10.2 Å². The van der Waals surface area contributed by atoms with E-state index in [1.54, 1.807) is 49.6 Å². The maximum Gasteiger partial charge on any atom is 0.264 e. The minimum atomic E-state index is -4.17. The summed E-state index contributed by atoms with van der Waals surface area (Å²) in [6.45, 7) is 9.00. The maximum atomic E-state index is 14.6. The van der Waals surface area contributed by atoms with Gasteiger partial charge < -0.3 is 15.0 Å². The summed E-state index contributed by atoms with van der Waals surface area (Å²) < 4.78 is 35.1. The molecule has 2 amide bonds. The van der Waals surface area contributed by atoms with Gasteiger partial charge in [0.1, 0.15) is 18.3 Å². The van der Waals surface area contributed by atoms with Crippen molar-refractivity contribution in [2.45, 2.75) is 64.6 Å². The zero-order valence-corrected chi connectivity index (χ0v) is 28.2. The van der Waals surface area contributed by atoms with Crippen molar-refractivity contribution in [2.24, 2.45) is 0 Å². The summed E-state index contributed by atoms with van der Waals surface area (Å²) in [5.74, 6) is -0.236. The lowest BCUT2D eigenvalue weighted by Gasteiger charge is -2.34. The summed E-state index contributed by atoms with van der Waals surface area (Å²) >= 11 is 0. The van der Waals surface area contributed by atoms with Gasteiger partial charge in [0.15, 0.2) is 0 Å². The molecular formula is C37H43N3O5S. The van der Waals surface area contributed by atoms with E-state index < -0.39 is 28.5 Å². The molecule has 9 heteroatoms. The first-order valence-corrected chi connectivity index (χ1v) is 16.8. The van der Waals surface area contributed by atoms with Gasteiger partial charge in [-0.15, -0.1) is 0 Å². The van der Waals surface area contributed by atoms with E-state index in [1.165, 1.54) is 4.90 Å². The molecule has 4 rings (SSSR count). The monoisotopic (exact) mass is 641 g/mol. The molecule has 0 aromatic heterocycles. The molecule has 0 spiro atoms. The van der Waals surface area contributed by atoms with Crippen LogP contribution in [0, 0.1) is 20.8 Å². The summed E-state index contributed by atoms with van der Waals surface area (Å²) in [6.07, 6.45) is 0.240. The first-order chi connectivity index (χ1) is 21.9. The van der Waals surface area contributed by atoms with Crippen LogP contribution >= 0.6 is 0 Å². The highest BCUT2D eigenvalue weighted by Gasteiger charge is 2.35. The van der Waals surface area contributed by atoms with Crippen molar-refractivity contribution in [3.05, 3.63) is 125 Å². The number of anilines is 1. The van der Waals surface area contributed by atoms with E-state index >= 15 is 0 Å². The molecule has 0 saturated heterocycles. The van der Waals surface area contributed by atoms with Crippen LogP contribution in [-0.2, 0) is 32.6 Å². The van der Waals surface area contributed by atoms with Crippen LogP contribution in [0.25, 0.3) is 0 Å². The molecule has 0 aliphatic carbocycles. The highest BCUT2D eigenvalue weighted by molar-refractivity contribution is 7.92. The number of methoxy groups -OCH3 is 1. The predicted molar refractivity (Wildman–Crippen MR) is 182 cm³/mol. The summed E-state index contributed by atoms with van der Waals surface area (Å²) in [5.41, 5.74) is 4.77. The predicted octanol–water partition coefficient (Wildman–Crippen LogP) is 5.98. The Kier molecular flexibility index (Phi) is 11.2. The molecule has 0 aliphatic rings. The fourth-order valence-corrected chi connectivity index (χ4v) is 6.56. The van der Waals surface area contributed by atoms with Gasteiger partial charge in [-0.3, -0.25) is 13.9 Å². The van der Waals surface area contributed by atoms with E-state index in [0.29, 0.717) is 11.4 Å². The van der Waals surface area contributed by atoms with Crippen LogP contribution in [0.4, 0.5) is 5.69 Å². The van der Waals surface area contributed by atoms with E-state index in [2.05, 4.69) is 5.32 Å². The van der Waals surface area contributed by atoms with Gasteiger partial charge in [0.05, 0.1) is 17.7 Å². The van der Waals surface area contributed by atoms with Gasteiger partial charge in [-0.1, -0.05) is 66.2 Å². The van der Waals surface area contributed by atoms with E-state index in [4.69, 9.17) is 4.74 Å². The molecule has 0 bridgehead atoms. The van der Waals surface area contributed by atoms with Crippen LogP contribution in [0.5, 0.6) is 5.75 Å². The van der Waals surface area contributed by atoms with Crippen molar-refractivity contribution in [1.29, 1.82) is 0 Å². The van der Waals surface area contributed by atoms with Crippen LogP contribution in [-0.4, -0.2) is 50.9 Å². The molecule has 4 aromatic carbocycles. The largest absolute Gasteiger partial charge is 0.497 e. The Morgan fingerprint density at radius 2 is 1.48 bits per heavy atom. The molecule has 1 N–H and O–H groups in total. The number of nitrogens with zero attached hydrogens (tertiary/aromatic N) is 2. The maximum absolute atomic E-state index is 14.6. The molecule has 242 valence electrons. The Balaban J connectivity index is 1.83. The Labute approximate surface area is 273 Å². The Hall–Kier alpha value is -4.63. The fraction of sp³-hybridized carbons (Fsp3) is 0.297. The van der Waals surface area contributed by atoms with Crippen LogP contribution in [0.2, 0.25) is 0 Å². The van der Waals surface area contributed by atoms with Gasteiger partial charge in [-0.2, -0.15) is 0 Å². The summed E-state index contributed by atoms with van der Waals surface area (Å²) in [7, 11) is -2.61. The van der Waals surface area contributed by atoms with Gasteiger partial charge in [0, 0.05) is 19.0 Å². The number of aryl methyl sites for hydroxylation is 3. The molecule has 0 heterocycles. The lowest BCUT2D eigenvalue weighted by Crippen LogP contribution is -2.54. The molecule has 0 saturated carbocycles. The molecule has 1 unspecified atom stereocenters. The van der Waals surface area contributed by atoms with Crippen LogP contribution in [0.3, 0.4) is 0 Å². The lowest BCUT2D eigenvalue weighted by atomic mass is 10.0. The quantitative estimate of drug-likeness (QED) is 0.194. The number of amides is 2. The molecule has 0 radical (unpaired) electrons. The van der Waals surface area contributed by atoms with Crippen molar-refractivity contribution in [3.63, 3.8) is 0 Å². The van der Waals surface area contributed by atoms with E-state index in [-0.39, 0.29) is 29.8 Å². The first kappa shape index (κ1) is 34.2. The van der Waals surface area contributed by atoms with Gasteiger partial charge in [0.25, 0.3) is 10.0 Å². The number of hydrogen-bond acceptors (Lipinski definition) is 5. The molecule has 0 fully saturated rings. The average Bonchev–Trinajstić information content (AvgIpc) is 3.03. The van der Waals surface area contributed by atoms with E-state index in [0.717, 1.165) is 32.1 Å². The number of benzene rings is 4. The van der Waals surface area contributed by atoms with E-state index in [1.807, 2.05) is 89.2 Å². The van der Waals surface area contributed by atoms with Crippen molar-refractivity contribution in [2.75, 3.05) is 18.0 Å². The molecular weight excluding hydrogens is 598 g/mol. The summed E-state index contributed by atoms with van der Waals surface area (Å²) in [6, 6.07) is 27.6. The van der Waals surface area contributed by atoms with Gasteiger partial charge in [-0.05, 0) is 93.3 Å². The van der Waals surface area contributed by atoms with Crippen LogP contribution < -0.4 is 14.4 Å². The van der Waals surface area contributed by atoms with Crippen LogP contribution in [0.15, 0.2) is 102 Å². The normalized spacial score (nSPS) is 12.0. The zero-order valence-electron chi connectivity index (χ0n) is 27.4. The topological polar surface area (TPSA) is 96.0 Å². The molecule has 4 aromatic rings. The second-order valence-electron chi connectivity index (χ2n) is 11.8. The average molecular weight is 642 g/mol. The highest BCUT2D eigenvalue weighted by atomic mass is 32.2. The standard InChI is InChI=1S/C37H43N3O5S/c1-26(2)38-37(42)35(23-30-11-8-7-9-12-30)39(24-31-13-10-14-33(22-31)45-6)36(41)25-40(32-18-17-28(4)29(5)21-32)46(43,44)34-19-15-27(3)16-20-34/h7-22,26,35H,23-25H2,1-6H3,(H,38,42). The zero-order chi connectivity index (χ0) is 33.4. The first-order valence-electron chi connectivity index (χ1n) is 15.3. The third kappa shape index (κ3) is 8.54. The lowest BCUT2D eigenvalue weighted by molar-refractivity contribution is -0.140. The molecule has 8 nitrogen and oxygen atoms in total. The number of carbonyl (C=O) groups excluding carboxylic acids is 2. The number of nitrogens with one attached hydrogen (secondary N) is 1. The Morgan fingerprint density at radius 3 is 2.11 bits per heavy atom. The van der Waals surface area contributed by atoms with Gasteiger partial charge in [0.2, 0.25) is 11.8 Å². The molecule has 0 aliphatic heterocycles. The number of carbonyl (C=O) groups is 2. The second-order valence-corrected chi connectivity index (χ2v) is 13.7. The minimum Gasteiger partial charge on any atom is -0.497 e. The van der Waals surface area contributed by atoms with Crippen molar-refractivity contribution in [3.8, 4) is 5.75 Å². The Morgan fingerprint density at radius 1 is 0.804 bits per heavy atom. The Bertz CT molecular complexity index is 1760. The van der Waals surface area contributed by atoms with Gasteiger partial charge in [-0.25, -0.2) is 8.42 Å². The highest BCUT2D eigenvalue weighted by Crippen LogP contribution is 2.27. The van der Waals surface area contributed by atoms with Crippen molar-refractivity contribution < 1.29 is 22.7 Å². The van der Waals surface area contributed by atoms with E-state index in [9.17, 15) is 18.0 Å². The molecule has 46 heavy (non-hydrogen) atoms. The number of ether oxygens (including phenoxy) is 1. The van der Waals surface area contributed by atoms with Gasteiger partial charge >= 0.3 is 0 Å². The number of sulfonamides is 1. The minimum absolute atomic E-state index is 0.0599. The second kappa shape index (κ2) is 15.1. The summed E-state index contributed by atoms with van der Waals surface area (Å²) in [5, 5.41) is 2.98. The third-order valence-corrected chi connectivity index (χ3v) is 9.64. The third-order valence-electron chi connectivity index (χ3n) is 7.86. The summed E-state index contributed by atoms with van der Waals surface area (Å²) in [4.78, 5) is 30.0. The fourth-order valence-electron chi connectivity index (χ4n) is 5.15.